The van der Waals surface area contributed by atoms with E-state index in [1.807, 2.05) is 4.90 Å². The highest BCUT2D eigenvalue weighted by molar-refractivity contribution is 5.71. The van der Waals surface area contributed by atoms with Crippen LogP contribution in [-0.4, -0.2) is 55.9 Å². The number of cyclic esters (lactones) is 1. The second-order valence-corrected chi connectivity index (χ2v) is 3.70. The molecule has 1 unspecified atom stereocenters. The summed E-state index contributed by atoms with van der Waals surface area (Å²) in [5, 5.41) is 2.57. The number of nitrogens with zero attached hydrogens (tertiary/aromatic N) is 1. The fourth-order valence-electron chi connectivity index (χ4n) is 1.60. The number of esters is 1. The van der Waals surface area contributed by atoms with Gasteiger partial charge in [-0.1, -0.05) is 6.08 Å². The fourth-order valence-corrected chi connectivity index (χ4v) is 1.60. The summed E-state index contributed by atoms with van der Waals surface area (Å²) in [6.45, 7) is 7.43. The van der Waals surface area contributed by atoms with Crippen LogP contribution in [0.25, 0.3) is 0 Å². The Bertz CT molecular complexity index is 293. The highest BCUT2D eigenvalue weighted by Gasteiger charge is 2.25. The average Bonchev–Trinajstić information content (AvgIpc) is 2.64. The molecule has 0 aliphatic carbocycles. The minimum Gasteiger partial charge on any atom is -0.465 e. The Kier molecular flexibility index (Phi) is 5.48. The van der Waals surface area contributed by atoms with Crippen LogP contribution in [0.4, 0.5) is 4.79 Å². The van der Waals surface area contributed by atoms with Gasteiger partial charge >= 0.3 is 12.1 Å². The van der Waals surface area contributed by atoms with Crippen LogP contribution >= 0.6 is 0 Å². The lowest BCUT2D eigenvalue weighted by Crippen LogP contribution is -2.38. The molecule has 1 atom stereocenters. The molecule has 1 rings (SSSR count). The topological polar surface area (TPSA) is 67.9 Å². The molecule has 0 bridgehead atoms. The van der Waals surface area contributed by atoms with Crippen LogP contribution in [0, 0.1) is 0 Å². The molecule has 96 valence electrons. The summed E-state index contributed by atoms with van der Waals surface area (Å²) in [5.74, 6) is -0.286. The van der Waals surface area contributed by atoms with Crippen molar-refractivity contribution in [2.75, 3.05) is 32.8 Å². The van der Waals surface area contributed by atoms with Gasteiger partial charge in [-0.05, 0) is 6.92 Å². The number of rotatable bonds is 7. The third-order valence-corrected chi connectivity index (χ3v) is 2.25. The van der Waals surface area contributed by atoms with E-state index in [1.54, 1.807) is 13.0 Å². The van der Waals surface area contributed by atoms with E-state index in [4.69, 9.17) is 9.47 Å². The molecule has 6 heteroatoms. The van der Waals surface area contributed by atoms with Gasteiger partial charge in [-0.3, -0.25) is 9.69 Å². The third-order valence-electron chi connectivity index (χ3n) is 2.25. The maximum Gasteiger partial charge on any atom is 0.407 e. The van der Waals surface area contributed by atoms with Gasteiger partial charge in [0.1, 0.15) is 6.10 Å². The molecule has 0 spiro atoms. The molecular formula is C11H18N2O4. The van der Waals surface area contributed by atoms with Crippen LogP contribution in [0.1, 0.15) is 6.92 Å². The number of hydrogen-bond acceptors (Lipinski definition) is 5. The number of carbonyl (C=O) groups excluding carboxylic acids is 2. The molecule has 0 aromatic heterocycles. The molecule has 6 nitrogen and oxygen atoms in total. The zero-order chi connectivity index (χ0) is 12.7. The Morgan fingerprint density at radius 1 is 1.76 bits per heavy atom. The molecule has 1 aliphatic rings. The van der Waals surface area contributed by atoms with Gasteiger partial charge in [0.15, 0.2) is 0 Å². The molecule has 0 aromatic carbocycles. The summed E-state index contributed by atoms with van der Waals surface area (Å²) in [6.07, 6.45) is 1.06. The number of carbonyl (C=O) groups is 2. The van der Waals surface area contributed by atoms with Gasteiger partial charge in [0.2, 0.25) is 0 Å². The van der Waals surface area contributed by atoms with Crippen molar-refractivity contribution in [3.8, 4) is 0 Å². The Labute approximate surface area is 101 Å². The van der Waals surface area contributed by atoms with E-state index in [2.05, 4.69) is 11.9 Å². The van der Waals surface area contributed by atoms with Crippen molar-refractivity contribution in [3.05, 3.63) is 12.7 Å². The zero-order valence-corrected chi connectivity index (χ0v) is 9.98. The highest BCUT2D eigenvalue weighted by Crippen LogP contribution is 2.03. The van der Waals surface area contributed by atoms with Crippen LogP contribution < -0.4 is 5.32 Å². The predicted molar refractivity (Wildman–Crippen MR) is 61.5 cm³/mol. The standard InChI is InChI=1S/C11H18N2O4/c1-3-5-13(8-10(14)16-4-2)7-9-6-12-11(15)17-9/h3,9H,1,4-8H2,2H3,(H,12,15). The van der Waals surface area contributed by atoms with Gasteiger partial charge < -0.3 is 14.8 Å². The Morgan fingerprint density at radius 3 is 3.06 bits per heavy atom. The second-order valence-electron chi connectivity index (χ2n) is 3.70. The normalized spacial score (nSPS) is 18.7. The smallest absolute Gasteiger partial charge is 0.407 e. The van der Waals surface area contributed by atoms with Gasteiger partial charge in [-0.25, -0.2) is 4.79 Å². The number of hydrogen-bond donors (Lipinski definition) is 1. The van der Waals surface area contributed by atoms with Crippen LogP contribution in [-0.2, 0) is 14.3 Å². The zero-order valence-electron chi connectivity index (χ0n) is 9.98. The molecule has 1 aliphatic heterocycles. The van der Waals surface area contributed by atoms with Crippen molar-refractivity contribution in [1.82, 2.24) is 10.2 Å². The first-order valence-corrected chi connectivity index (χ1v) is 5.59. The number of amides is 1. The number of ether oxygens (including phenoxy) is 2. The van der Waals surface area contributed by atoms with Crippen molar-refractivity contribution in [2.24, 2.45) is 0 Å². The van der Waals surface area contributed by atoms with Crippen molar-refractivity contribution in [2.45, 2.75) is 13.0 Å². The van der Waals surface area contributed by atoms with Crippen LogP contribution in [0.15, 0.2) is 12.7 Å². The quantitative estimate of drug-likeness (QED) is 0.508. The first-order valence-electron chi connectivity index (χ1n) is 5.59. The summed E-state index contributed by atoms with van der Waals surface area (Å²) in [7, 11) is 0. The lowest BCUT2D eigenvalue weighted by atomic mass is 10.3. The van der Waals surface area contributed by atoms with Gasteiger partial charge in [0, 0.05) is 13.1 Å². The fraction of sp³-hybridized carbons (Fsp3) is 0.636. The van der Waals surface area contributed by atoms with Crippen molar-refractivity contribution in [1.29, 1.82) is 0 Å². The molecule has 0 saturated carbocycles. The maximum atomic E-state index is 11.3. The predicted octanol–water partition coefficient (Wildman–Crippen LogP) is 0.146. The van der Waals surface area contributed by atoms with E-state index >= 15 is 0 Å². The number of alkyl carbamates (subject to hydrolysis) is 1. The Hall–Kier alpha value is -1.56. The number of nitrogens with one attached hydrogen (secondary N) is 1. The molecule has 1 fully saturated rings. The van der Waals surface area contributed by atoms with E-state index in [9.17, 15) is 9.59 Å². The van der Waals surface area contributed by atoms with Gasteiger partial charge in [0.05, 0.1) is 19.7 Å². The summed E-state index contributed by atoms with van der Waals surface area (Å²) in [4.78, 5) is 24.0. The monoisotopic (exact) mass is 242 g/mol. The summed E-state index contributed by atoms with van der Waals surface area (Å²) in [5.41, 5.74) is 0. The minimum atomic E-state index is -0.412. The Morgan fingerprint density at radius 2 is 2.53 bits per heavy atom. The van der Waals surface area contributed by atoms with Crippen molar-refractivity contribution in [3.63, 3.8) is 0 Å². The third kappa shape index (κ3) is 4.86. The van der Waals surface area contributed by atoms with Crippen molar-refractivity contribution < 1.29 is 19.1 Å². The van der Waals surface area contributed by atoms with E-state index in [0.29, 0.717) is 26.2 Å². The van der Waals surface area contributed by atoms with Gasteiger partial charge in [-0.15, -0.1) is 6.58 Å². The Balaban J connectivity index is 2.39. The average molecular weight is 242 g/mol. The molecule has 17 heavy (non-hydrogen) atoms. The minimum absolute atomic E-state index is 0.175. The second kappa shape index (κ2) is 6.90. The molecule has 0 radical (unpaired) electrons. The molecular weight excluding hydrogens is 224 g/mol. The molecule has 0 aromatic rings. The van der Waals surface area contributed by atoms with E-state index in [0.717, 1.165) is 0 Å². The van der Waals surface area contributed by atoms with E-state index < -0.39 is 6.09 Å². The largest absolute Gasteiger partial charge is 0.465 e. The summed E-state index contributed by atoms with van der Waals surface area (Å²) in [6, 6.07) is 0. The molecule has 1 N–H and O–H groups in total. The maximum absolute atomic E-state index is 11.3. The first-order chi connectivity index (χ1) is 8.15. The lowest BCUT2D eigenvalue weighted by Gasteiger charge is -2.21. The van der Waals surface area contributed by atoms with Crippen LogP contribution in [0.5, 0.6) is 0 Å². The van der Waals surface area contributed by atoms with Crippen molar-refractivity contribution >= 4 is 12.1 Å². The molecule has 1 amide bonds. The SMILES string of the molecule is C=CCN(CC(=O)OCC)CC1CNC(=O)O1. The summed E-state index contributed by atoms with van der Waals surface area (Å²) < 4.78 is 9.87. The van der Waals surface area contributed by atoms with Crippen LogP contribution in [0.2, 0.25) is 0 Å². The highest BCUT2D eigenvalue weighted by atomic mass is 16.6. The van der Waals surface area contributed by atoms with E-state index in [1.165, 1.54) is 0 Å². The lowest BCUT2D eigenvalue weighted by molar-refractivity contribution is -0.144. The van der Waals surface area contributed by atoms with Gasteiger partial charge in [-0.2, -0.15) is 0 Å². The van der Waals surface area contributed by atoms with Crippen LogP contribution in [0.3, 0.4) is 0 Å². The van der Waals surface area contributed by atoms with E-state index in [-0.39, 0.29) is 18.6 Å². The first kappa shape index (κ1) is 13.5. The molecule has 1 saturated heterocycles. The van der Waals surface area contributed by atoms with Gasteiger partial charge in [0.25, 0.3) is 0 Å². The summed E-state index contributed by atoms with van der Waals surface area (Å²) >= 11 is 0. The molecule has 1 heterocycles.